The molecule has 1 amide bonds. The molecule has 0 atom stereocenters. The summed E-state index contributed by atoms with van der Waals surface area (Å²) in [5, 5.41) is 1.66. The Labute approximate surface area is 146 Å². The Balaban J connectivity index is 1.69. The zero-order valence-electron chi connectivity index (χ0n) is 12.5. The number of benzene rings is 1. The van der Waals surface area contributed by atoms with E-state index in [9.17, 15) is 4.79 Å². The summed E-state index contributed by atoms with van der Waals surface area (Å²) in [6, 6.07) is 8.13. The number of nitrogens with one attached hydrogen (secondary N) is 2. The first-order valence-corrected chi connectivity index (χ1v) is 8.63. The number of amides is 1. The van der Waals surface area contributed by atoms with Crippen LogP contribution in [0.2, 0.25) is 5.15 Å². The third-order valence-electron chi connectivity index (χ3n) is 4.37. The molecule has 0 bridgehead atoms. The lowest BCUT2D eigenvalue weighted by Crippen LogP contribution is -2.36. The predicted octanol–water partition coefficient (Wildman–Crippen LogP) is 4.42. The first-order chi connectivity index (χ1) is 11.0. The van der Waals surface area contributed by atoms with Crippen LogP contribution in [0.25, 0.3) is 10.9 Å². The molecule has 3 aromatic rings. The number of carbonyl (C=O) groups is 1. The average molecular weight is 393 g/mol. The molecule has 118 valence electrons. The van der Waals surface area contributed by atoms with E-state index in [0.29, 0.717) is 28.4 Å². The summed E-state index contributed by atoms with van der Waals surface area (Å²) < 4.78 is 0.711. The summed E-state index contributed by atoms with van der Waals surface area (Å²) in [5.41, 5.74) is 5.34. The van der Waals surface area contributed by atoms with Crippen molar-refractivity contribution in [1.29, 1.82) is 0 Å². The van der Waals surface area contributed by atoms with Gasteiger partial charge in [0.1, 0.15) is 10.8 Å². The Kier molecular flexibility index (Phi) is 3.50. The van der Waals surface area contributed by atoms with Crippen LogP contribution in [0.3, 0.4) is 0 Å². The van der Waals surface area contributed by atoms with Crippen molar-refractivity contribution >= 4 is 44.3 Å². The number of nitrogens with zero attached hydrogens (tertiary/aromatic N) is 1. The van der Waals surface area contributed by atoms with Crippen LogP contribution in [0.15, 0.2) is 28.7 Å². The van der Waals surface area contributed by atoms with Gasteiger partial charge >= 0.3 is 0 Å². The van der Waals surface area contributed by atoms with Gasteiger partial charge in [-0.2, -0.15) is 0 Å². The monoisotopic (exact) mass is 391 g/mol. The molecule has 1 aliphatic rings. The number of hydrogen-bond acceptors (Lipinski definition) is 1. The quantitative estimate of drug-likeness (QED) is 0.633. The van der Waals surface area contributed by atoms with Crippen LogP contribution < -0.4 is 0 Å². The van der Waals surface area contributed by atoms with Gasteiger partial charge in [0.25, 0.3) is 5.91 Å². The molecule has 4 rings (SSSR count). The second kappa shape index (κ2) is 5.42. The van der Waals surface area contributed by atoms with Crippen molar-refractivity contribution in [1.82, 2.24) is 14.9 Å². The smallest absolute Gasteiger partial charge is 0.270 e. The fourth-order valence-corrected chi connectivity index (χ4v) is 3.68. The third kappa shape index (κ3) is 2.48. The van der Waals surface area contributed by atoms with E-state index in [0.717, 1.165) is 11.9 Å². The predicted molar refractivity (Wildman–Crippen MR) is 95.0 cm³/mol. The van der Waals surface area contributed by atoms with E-state index in [-0.39, 0.29) is 5.91 Å². The number of halogens is 2. The molecule has 23 heavy (non-hydrogen) atoms. The van der Waals surface area contributed by atoms with E-state index < -0.39 is 0 Å². The van der Waals surface area contributed by atoms with E-state index in [1.165, 1.54) is 22.2 Å². The minimum absolute atomic E-state index is 0.0229. The van der Waals surface area contributed by atoms with Crippen molar-refractivity contribution < 1.29 is 4.79 Å². The summed E-state index contributed by atoms with van der Waals surface area (Å²) >= 11 is 9.32. The van der Waals surface area contributed by atoms with Crippen molar-refractivity contribution in [2.24, 2.45) is 0 Å². The topological polar surface area (TPSA) is 51.9 Å². The molecular formula is C17H15BrClN3O. The summed E-state index contributed by atoms with van der Waals surface area (Å²) in [7, 11) is 0. The number of fused-ring (bicyclic) bond motifs is 3. The van der Waals surface area contributed by atoms with E-state index in [1.54, 1.807) is 6.07 Å². The maximum Gasteiger partial charge on any atom is 0.270 e. The zero-order chi connectivity index (χ0) is 16.1. The van der Waals surface area contributed by atoms with Crippen molar-refractivity contribution in [2.75, 3.05) is 6.54 Å². The molecule has 0 fully saturated rings. The SMILES string of the molecule is Cc1ccc2[nH]c3c(c2c1)CN(C(=O)c1cc(Br)c(Cl)[nH]1)CC3. The molecular weight excluding hydrogens is 378 g/mol. The van der Waals surface area contributed by atoms with Crippen LogP contribution in [0, 0.1) is 6.92 Å². The fraction of sp³-hybridized carbons (Fsp3) is 0.235. The number of rotatable bonds is 1. The summed E-state index contributed by atoms with van der Waals surface area (Å²) in [6.45, 7) is 3.40. The Hall–Kier alpha value is -1.72. The lowest BCUT2D eigenvalue weighted by molar-refractivity contribution is 0.0730. The molecule has 0 saturated heterocycles. The third-order valence-corrected chi connectivity index (χ3v) is 5.53. The van der Waals surface area contributed by atoms with Gasteiger partial charge in [-0.25, -0.2) is 0 Å². The van der Waals surface area contributed by atoms with Crippen LogP contribution in [0.1, 0.15) is 27.3 Å². The lowest BCUT2D eigenvalue weighted by Gasteiger charge is -2.27. The minimum atomic E-state index is -0.0229. The molecule has 6 heteroatoms. The number of aromatic amines is 2. The number of hydrogen-bond donors (Lipinski definition) is 2. The summed E-state index contributed by atoms with van der Waals surface area (Å²) in [6.07, 6.45) is 0.838. The molecule has 1 aliphatic heterocycles. The Bertz CT molecular complexity index is 908. The lowest BCUT2D eigenvalue weighted by atomic mass is 10.0. The number of carbonyl (C=O) groups excluding carboxylic acids is 1. The Morgan fingerprint density at radius 1 is 1.30 bits per heavy atom. The molecule has 3 heterocycles. The second-order valence-electron chi connectivity index (χ2n) is 5.95. The Morgan fingerprint density at radius 3 is 2.87 bits per heavy atom. The molecule has 0 spiro atoms. The Morgan fingerprint density at radius 2 is 2.13 bits per heavy atom. The van der Waals surface area contributed by atoms with Crippen LogP contribution in [-0.4, -0.2) is 27.3 Å². The van der Waals surface area contributed by atoms with Crippen molar-refractivity contribution in [3.63, 3.8) is 0 Å². The van der Waals surface area contributed by atoms with Crippen LogP contribution in [0.4, 0.5) is 0 Å². The van der Waals surface area contributed by atoms with Crippen LogP contribution in [0.5, 0.6) is 0 Å². The van der Waals surface area contributed by atoms with Crippen LogP contribution in [-0.2, 0) is 13.0 Å². The van der Waals surface area contributed by atoms with E-state index >= 15 is 0 Å². The van der Waals surface area contributed by atoms with Gasteiger partial charge < -0.3 is 14.9 Å². The van der Waals surface area contributed by atoms with Gasteiger partial charge in [0.15, 0.2) is 0 Å². The normalized spacial score (nSPS) is 14.3. The first-order valence-electron chi connectivity index (χ1n) is 7.46. The van der Waals surface area contributed by atoms with Crippen molar-refractivity contribution in [3.8, 4) is 0 Å². The second-order valence-corrected chi connectivity index (χ2v) is 7.19. The van der Waals surface area contributed by atoms with Gasteiger partial charge in [-0.05, 0) is 41.1 Å². The molecule has 2 aromatic heterocycles. The van der Waals surface area contributed by atoms with Gasteiger partial charge in [0.05, 0.1) is 4.47 Å². The number of aryl methyl sites for hydroxylation is 1. The van der Waals surface area contributed by atoms with Gasteiger partial charge in [0, 0.05) is 41.7 Å². The van der Waals surface area contributed by atoms with E-state index in [1.807, 2.05) is 4.90 Å². The molecule has 1 aromatic carbocycles. The number of H-pyrrole nitrogens is 2. The molecule has 0 unspecified atom stereocenters. The highest BCUT2D eigenvalue weighted by Gasteiger charge is 2.26. The highest BCUT2D eigenvalue weighted by atomic mass is 79.9. The molecule has 2 N–H and O–H groups in total. The molecule has 0 aliphatic carbocycles. The van der Waals surface area contributed by atoms with Gasteiger partial charge in [-0.1, -0.05) is 23.2 Å². The fourth-order valence-electron chi connectivity index (χ4n) is 3.19. The van der Waals surface area contributed by atoms with Crippen molar-refractivity contribution in [2.45, 2.75) is 19.9 Å². The number of aromatic nitrogens is 2. The van der Waals surface area contributed by atoms with Crippen LogP contribution >= 0.6 is 27.5 Å². The average Bonchev–Trinajstić information content (AvgIpc) is 3.06. The highest BCUT2D eigenvalue weighted by Crippen LogP contribution is 2.30. The van der Waals surface area contributed by atoms with Gasteiger partial charge in [0.2, 0.25) is 0 Å². The standard InChI is InChI=1S/C17H15BrClN3O/c1-9-2-3-13-10(6-9)11-8-22(5-4-14(11)20-13)17(23)15-7-12(18)16(19)21-15/h2-3,6-7,20-21H,4-5,8H2,1H3. The summed E-state index contributed by atoms with van der Waals surface area (Å²) in [4.78, 5) is 21.0. The van der Waals surface area contributed by atoms with E-state index in [4.69, 9.17) is 11.6 Å². The van der Waals surface area contributed by atoms with Gasteiger partial charge in [-0.3, -0.25) is 4.79 Å². The van der Waals surface area contributed by atoms with Gasteiger partial charge in [-0.15, -0.1) is 0 Å². The summed E-state index contributed by atoms with van der Waals surface area (Å²) in [5.74, 6) is -0.0229. The largest absolute Gasteiger partial charge is 0.358 e. The zero-order valence-corrected chi connectivity index (χ0v) is 14.9. The molecule has 0 saturated carbocycles. The van der Waals surface area contributed by atoms with Crippen molar-refractivity contribution in [3.05, 3.63) is 56.4 Å². The molecule has 4 nitrogen and oxygen atoms in total. The highest BCUT2D eigenvalue weighted by molar-refractivity contribution is 9.10. The maximum absolute atomic E-state index is 12.7. The maximum atomic E-state index is 12.7. The first kappa shape index (κ1) is 14.8. The molecule has 0 radical (unpaired) electrons. The minimum Gasteiger partial charge on any atom is -0.358 e. The van der Waals surface area contributed by atoms with E-state index in [2.05, 4.69) is 51.0 Å².